The third kappa shape index (κ3) is 2.13. The second-order valence-electron chi connectivity index (χ2n) is 4.89. The second-order valence-corrected chi connectivity index (χ2v) is 4.89. The molecule has 0 saturated heterocycles. The van der Waals surface area contributed by atoms with E-state index in [1.807, 2.05) is 28.8 Å². The first-order chi connectivity index (χ1) is 10.8. The van der Waals surface area contributed by atoms with Crippen LogP contribution >= 0.6 is 0 Å². The molecule has 22 heavy (non-hydrogen) atoms. The molecule has 0 unspecified atom stereocenters. The molecule has 4 rings (SSSR count). The lowest BCUT2D eigenvalue weighted by molar-refractivity contribution is 0.628. The van der Waals surface area contributed by atoms with Gasteiger partial charge in [-0.15, -0.1) is 0 Å². The van der Waals surface area contributed by atoms with Crippen molar-refractivity contribution >= 4 is 5.65 Å². The van der Waals surface area contributed by atoms with Crippen LogP contribution in [0.15, 0.2) is 67.4 Å². The zero-order valence-electron chi connectivity index (χ0n) is 11.5. The van der Waals surface area contributed by atoms with Crippen molar-refractivity contribution < 1.29 is 4.39 Å². The molecule has 3 heterocycles. The predicted octanol–water partition coefficient (Wildman–Crippen LogP) is 3.60. The molecule has 0 amide bonds. The van der Waals surface area contributed by atoms with Gasteiger partial charge in [-0.25, -0.2) is 9.37 Å². The summed E-state index contributed by atoms with van der Waals surface area (Å²) >= 11 is 0. The predicted molar refractivity (Wildman–Crippen MR) is 81.6 cm³/mol. The summed E-state index contributed by atoms with van der Waals surface area (Å²) in [6, 6.07) is 10.3. The van der Waals surface area contributed by atoms with Crippen molar-refractivity contribution in [3.8, 4) is 22.5 Å². The van der Waals surface area contributed by atoms with Crippen molar-refractivity contribution in [1.82, 2.24) is 19.4 Å². The molecule has 0 aliphatic rings. The summed E-state index contributed by atoms with van der Waals surface area (Å²) in [6.45, 7) is 0. The Morgan fingerprint density at radius 3 is 2.59 bits per heavy atom. The number of hydrogen-bond acceptors (Lipinski definition) is 3. The van der Waals surface area contributed by atoms with Crippen LogP contribution in [-0.2, 0) is 0 Å². The van der Waals surface area contributed by atoms with Gasteiger partial charge < -0.3 is 0 Å². The third-order valence-corrected chi connectivity index (χ3v) is 3.49. The maximum Gasteiger partial charge on any atom is 0.155 e. The normalized spacial score (nSPS) is 11.0. The van der Waals surface area contributed by atoms with E-state index in [0.29, 0.717) is 0 Å². The minimum absolute atomic E-state index is 0.268. The fraction of sp³-hybridized carbons (Fsp3) is 0. The molecule has 0 saturated carbocycles. The number of pyridine rings is 1. The Labute approximate surface area is 125 Å². The quantitative estimate of drug-likeness (QED) is 0.566. The van der Waals surface area contributed by atoms with Crippen molar-refractivity contribution in [1.29, 1.82) is 0 Å². The van der Waals surface area contributed by atoms with Gasteiger partial charge in [0.15, 0.2) is 5.65 Å². The molecule has 0 atom stereocenters. The number of hydrogen-bond donors (Lipinski definition) is 0. The minimum atomic E-state index is -0.268. The van der Waals surface area contributed by atoms with E-state index >= 15 is 0 Å². The minimum Gasteiger partial charge on any atom is -0.296 e. The van der Waals surface area contributed by atoms with Crippen molar-refractivity contribution in [2.24, 2.45) is 0 Å². The third-order valence-electron chi connectivity index (χ3n) is 3.49. The highest BCUT2D eigenvalue weighted by Gasteiger charge is 2.09. The SMILES string of the molecule is Fc1cccc(-c2cnc3cnc(-c4ccncc4)cn23)c1. The molecule has 0 radical (unpaired) electrons. The maximum atomic E-state index is 13.5. The van der Waals surface area contributed by atoms with E-state index in [1.54, 1.807) is 30.9 Å². The number of rotatable bonds is 2. The molecule has 4 aromatic rings. The summed E-state index contributed by atoms with van der Waals surface area (Å²) in [7, 11) is 0. The van der Waals surface area contributed by atoms with Crippen LogP contribution < -0.4 is 0 Å². The molecular formula is C17H11FN4. The van der Waals surface area contributed by atoms with E-state index in [0.717, 1.165) is 28.2 Å². The largest absolute Gasteiger partial charge is 0.296 e. The van der Waals surface area contributed by atoms with Gasteiger partial charge in [0, 0.05) is 29.7 Å². The molecule has 0 aliphatic carbocycles. The Kier molecular flexibility index (Phi) is 2.89. The monoisotopic (exact) mass is 290 g/mol. The van der Waals surface area contributed by atoms with Crippen LogP contribution in [0.2, 0.25) is 0 Å². The zero-order chi connectivity index (χ0) is 14.9. The summed E-state index contributed by atoms with van der Waals surface area (Å²) in [5.41, 5.74) is 4.10. The molecule has 0 N–H and O–H groups in total. The average Bonchev–Trinajstić information content (AvgIpc) is 2.99. The number of aromatic nitrogens is 4. The van der Waals surface area contributed by atoms with Crippen LogP contribution in [0.25, 0.3) is 28.2 Å². The van der Waals surface area contributed by atoms with Crippen molar-refractivity contribution in [3.05, 3.63) is 73.2 Å². The lowest BCUT2D eigenvalue weighted by atomic mass is 10.1. The number of fused-ring (bicyclic) bond motifs is 1. The van der Waals surface area contributed by atoms with E-state index in [4.69, 9.17) is 0 Å². The van der Waals surface area contributed by atoms with Crippen LogP contribution in [0.3, 0.4) is 0 Å². The van der Waals surface area contributed by atoms with Gasteiger partial charge in [-0.1, -0.05) is 12.1 Å². The summed E-state index contributed by atoms with van der Waals surface area (Å²) in [5, 5.41) is 0. The van der Waals surface area contributed by atoms with Crippen molar-refractivity contribution in [2.45, 2.75) is 0 Å². The highest BCUT2D eigenvalue weighted by molar-refractivity contribution is 5.66. The number of nitrogens with zero attached hydrogens (tertiary/aromatic N) is 4. The lowest BCUT2D eigenvalue weighted by Gasteiger charge is -2.05. The van der Waals surface area contributed by atoms with Crippen molar-refractivity contribution in [2.75, 3.05) is 0 Å². The first-order valence-electron chi connectivity index (χ1n) is 6.81. The van der Waals surface area contributed by atoms with Gasteiger partial charge in [0.1, 0.15) is 5.82 Å². The highest BCUT2D eigenvalue weighted by atomic mass is 19.1. The fourth-order valence-corrected chi connectivity index (χ4v) is 2.42. The lowest BCUT2D eigenvalue weighted by Crippen LogP contribution is -1.93. The Bertz CT molecular complexity index is 947. The zero-order valence-corrected chi connectivity index (χ0v) is 11.5. The first kappa shape index (κ1) is 12.6. The molecular weight excluding hydrogens is 279 g/mol. The van der Waals surface area contributed by atoms with Gasteiger partial charge in [0.25, 0.3) is 0 Å². The molecule has 1 aromatic carbocycles. The molecule has 0 aliphatic heterocycles. The molecule has 0 spiro atoms. The number of benzene rings is 1. The topological polar surface area (TPSA) is 43.1 Å². The molecule has 0 bridgehead atoms. The van der Waals surface area contributed by atoms with E-state index in [2.05, 4.69) is 15.0 Å². The Balaban J connectivity index is 1.91. The standard InChI is InChI=1S/C17H11FN4/c18-14-3-1-2-13(8-14)16-9-21-17-10-20-15(11-22(16)17)12-4-6-19-7-5-12/h1-11H. The molecule has 106 valence electrons. The fourth-order valence-electron chi connectivity index (χ4n) is 2.42. The van der Waals surface area contributed by atoms with Crippen LogP contribution in [0.1, 0.15) is 0 Å². The molecule has 4 nitrogen and oxygen atoms in total. The highest BCUT2D eigenvalue weighted by Crippen LogP contribution is 2.23. The van der Waals surface area contributed by atoms with Crippen LogP contribution in [0.4, 0.5) is 4.39 Å². The number of halogens is 1. The van der Waals surface area contributed by atoms with E-state index in [1.165, 1.54) is 12.1 Å². The molecule has 3 aromatic heterocycles. The van der Waals surface area contributed by atoms with E-state index in [9.17, 15) is 4.39 Å². The van der Waals surface area contributed by atoms with E-state index < -0.39 is 0 Å². The van der Waals surface area contributed by atoms with Gasteiger partial charge in [0.05, 0.1) is 23.8 Å². The van der Waals surface area contributed by atoms with Gasteiger partial charge in [0.2, 0.25) is 0 Å². The summed E-state index contributed by atoms with van der Waals surface area (Å²) in [5.74, 6) is -0.268. The summed E-state index contributed by atoms with van der Waals surface area (Å²) < 4.78 is 15.4. The van der Waals surface area contributed by atoms with Gasteiger partial charge in [-0.3, -0.25) is 14.4 Å². The van der Waals surface area contributed by atoms with Crippen LogP contribution in [0.5, 0.6) is 0 Å². The van der Waals surface area contributed by atoms with Crippen LogP contribution in [-0.4, -0.2) is 19.4 Å². The average molecular weight is 290 g/mol. The van der Waals surface area contributed by atoms with E-state index in [-0.39, 0.29) is 5.82 Å². The van der Waals surface area contributed by atoms with Gasteiger partial charge in [-0.05, 0) is 24.3 Å². The molecule has 0 fully saturated rings. The first-order valence-corrected chi connectivity index (χ1v) is 6.81. The van der Waals surface area contributed by atoms with Gasteiger partial charge in [-0.2, -0.15) is 0 Å². The second kappa shape index (κ2) is 5.04. The number of imidazole rings is 1. The summed E-state index contributed by atoms with van der Waals surface area (Å²) in [6.07, 6.45) is 8.78. The van der Waals surface area contributed by atoms with Crippen molar-refractivity contribution in [3.63, 3.8) is 0 Å². The smallest absolute Gasteiger partial charge is 0.155 e. The Morgan fingerprint density at radius 1 is 0.909 bits per heavy atom. The van der Waals surface area contributed by atoms with Gasteiger partial charge >= 0.3 is 0 Å². The molecule has 5 heteroatoms. The Hall–Kier alpha value is -3.08. The summed E-state index contributed by atoms with van der Waals surface area (Å²) in [4.78, 5) is 12.8. The maximum absolute atomic E-state index is 13.5. The van der Waals surface area contributed by atoms with Crippen LogP contribution in [0, 0.1) is 5.82 Å². The Morgan fingerprint density at radius 2 is 1.77 bits per heavy atom.